The van der Waals surface area contributed by atoms with E-state index in [9.17, 15) is 4.79 Å². The number of aromatic nitrogens is 1. The molecule has 0 spiro atoms. The van der Waals surface area contributed by atoms with E-state index in [4.69, 9.17) is 4.42 Å². The summed E-state index contributed by atoms with van der Waals surface area (Å²) < 4.78 is 5.08. The van der Waals surface area contributed by atoms with E-state index in [2.05, 4.69) is 21.3 Å². The van der Waals surface area contributed by atoms with Crippen LogP contribution in [0.2, 0.25) is 0 Å². The van der Waals surface area contributed by atoms with Crippen LogP contribution in [0.15, 0.2) is 27.4 Å². The Balaban J connectivity index is 1.53. The van der Waals surface area contributed by atoms with Gasteiger partial charge >= 0.3 is 5.76 Å². The third kappa shape index (κ3) is 3.11. The van der Waals surface area contributed by atoms with E-state index < -0.39 is 0 Å². The Hall–Kier alpha value is -1.59. The lowest BCUT2D eigenvalue weighted by atomic mass is 10.1. The Labute approximate surface area is 118 Å². The number of nitrogens with one attached hydrogen (secondary N) is 2. The maximum Gasteiger partial charge on any atom is 0.417 e. The maximum absolute atomic E-state index is 11.2. The summed E-state index contributed by atoms with van der Waals surface area (Å²) in [5.41, 5.74) is 2.70. The highest BCUT2D eigenvalue weighted by Gasteiger charge is 2.09. The molecule has 0 atom stereocenters. The molecule has 5 heteroatoms. The Bertz CT molecular complexity index is 611. The van der Waals surface area contributed by atoms with Crippen molar-refractivity contribution in [3.05, 3.63) is 34.3 Å². The molecule has 1 aromatic carbocycles. The Morgan fingerprint density at radius 1 is 1.20 bits per heavy atom. The van der Waals surface area contributed by atoms with Gasteiger partial charge in [0.25, 0.3) is 0 Å². The Morgan fingerprint density at radius 2 is 2.05 bits per heavy atom. The number of aromatic amines is 1. The number of rotatable bonds is 5. The summed E-state index contributed by atoms with van der Waals surface area (Å²) in [5.74, 6) is -0.367. The fraction of sp³-hybridized carbons (Fsp3) is 0.533. The lowest BCUT2D eigenvalue weighted by Gasteiger charge is -2.27. The van der Waals surface area contributed by atoms with Gasteiger partial charge in [0.05, 0.1) is 5.52 Å². The largest absolute Gasteiger partial charge is 0.417 e. The quantitative estimate of drug-likeness (QED) is 0.809. The highest BCUT2D eigenvalue weighted by molar-refractivity contribution is 5.75. The van der Waals surface area contributed by atoms with Crippen LogP contribution < -0.4 is 11.1 Å². The zero-order valence-electron chi connectivity index (χ0n) is 11.7. The van der Waals surface area contributed by atoms with Crippen LogP contribution in [-0.2, 0) is 6.42 Å². The molecule has 2 aromatic rings. The summed E-state index contributed by atoms with van der Waals surface area (Å²) in [6, 6.07) is 5.85. The van der Waals surface area contributed by atoms with Crippen molar-refractivity contribution in [1.29, 1.82) is 0 Å². The first-order valence-corrected chi connectivity index (χ1v) is 7.37. The zero-order chi connectivity index (χ0) is 13.8. The van der Waals surface area contributed by atoms with E-state index in [-0.39, 0.29) is 5.76 Å². The molecule has 0 radical (unpaired) electrons. The molecule has 1 aliphatic heterocycles. The number of para-hydroxylation sites is 1. The van der Waals surface area contributed by atoms with E-state index in [0.29, 0.717) is 5.58 Å². The van der Waals surface area contributed by atoms with Crippen LogP contribution in [-0.4, -0.2) is 42.6 Å². The van der Waals surface area contributed by atoms with Crippen LogP contribution in [0.4, 0.5) is 0 Å². The van der Waals surface area contributed by atoms with Gasteiger partial charge in [0.1, 0.15) is 0 Å². The number of fused-ring (bicyclic) bond motifs is 1. The van der Waals surface area contributed by atoms with Crippen LogP contribution in [0.5, 0.6) is 0 Å². The first-order valence-electron chi connectivity index (χ1n) is 7.37. The fourth-order valence-electron chi connectivity index (χ4n) is 2.82. The minimum atomic E-state index is -0.367. The molecular formula is C15H21N3O2. The van der Waals surface area contributed by atoms with E-state index in [1.165, 1.54) is 18.5 Å². The molecule has 1 saturated heterocycles. The number of unbranched alkanes of at least 4 members (excludes halogenated alkanes) is 1. The number of oxazole rings is 1. The number of benzene rings is 1. The monoisotopic (exact) mass is 275 g/mol. The molecule has 1 fully saturated rings. The number of piperazine rings is 1. The normalized spacial score (nSPS) is 16.8. The van der Waals surface area contributed by atoms with Gasteiger partial charge in [0.15, 0.2) is 5.58 Å². The van der Waals surface area contributed by atoms with E-state index in [1.54, 1.807) is 0 Å². The Kier molecular flexibility index (Phi) is 4.18. The standard InChI is InChI=1S/C15H21N3O2/c19-15-17-14-12(5-3-6-13(14)20-15)4-1-2-9-18-10-7-16-8-11-18/h3,5-6,16H,1-2,4,7-11H2,(H,17,19). The second kappa shape index (κ2) is 6.24. The van der Waals surface area contributed by atoms with Crippen molar-refractivity contribution in [2.75, 3.05) is 32.7 Å². The summed E-state index contributed by atoms with van der Waals surface area (Å²) in [6.45, 7) is 5.69. The van der Waals surface area contributed by atoms with Gasteiger partial charge in [-0.2, -0.15) is 0 Å². The average molecular weight is 275 g/mol. The number of hydrogen-bond donors (Lipinski definition) is 2. The molecule has 5 nitrogen and oxygen atoms in total. The van der Waals surface area contributed by atoms with Crippen molar-refractivity contribution in [3.8, 4) is 0 Å². The molecule has 108 valence electrons. The van der Waals surface area contributed by atoms with E-state index in [0.717, 1.165) is 44.5 Å². The van der Waals surface area contributed by atoms with Gasteiger partial charge in [-0.15, -0.1) is 0 Å². The van der Waals surface area contributed by atoms with Gasteiger partial charge in [-0.25, -0.2) is 4.79 Å². The second-order valence-electron chi connectivity index (χ2n) is 5.35. The van der Waals surface area contributed by atoms with Crippen LogP contribution in [0.1, 0.15) is 18.4 Å². The van der Waals surface area contributed by atoms with Crippen molar-refractivity contribution < 1.29 is 4.42 Å². The molecule has 1 aliphatic rings. The van der Waals surface area contributed by atoms with Gasteiger partial charge in [-0.05, 0) is 37.4 Å². The van der Waals surface area contributed by atoms with Crippen molar-refractivity contribution in [1.82, 2.24) is 15.2 Å². The van der Waals surface area contributed by atoms with Gasteiger partial charge in [-0.1, -0.05) is 12.1 Å². The summed E-state index contributed by atoms with van der Waals surface area (Å²) >= 11 is 0. The van der Waals surface area contributed by atoms with Crippen molar-refractivity contribution in [3.63, 3.8) is 0 Å². The molecule has 0 unspecified atom stereocenters. The summed E-state index contributed by atoms with van der Waals surface area (Å²) in [4.78, 5) is 16.5. The number of H-pyrrole nitrogens is 1. The third-order valence-corrected chi connectivity index (χ3v) is 3.92. The molecule has 1 aromatic heterocycles. The highest BCUT2D eigenvalue weighted by atomic mass is 16.4. The molecule has 2 N–H and O–H groups in total. The predicted molar refractivity (Wildman–Crippen MR) is 79.1 cm³/mol. The van der Waals surface area contributed by atoms with E-state index >= 15 is 0 Å². The van der Waals surface area contributed by atoms with Crippen molar-refractivity contribution >= 4 is 11.1 Å². The molecule has 0 amide bonds. The predicted octanol–water partition coefficient (Wildman–Crippen LogP) is 1.35. The number of nitrogens with zero attached hydrogens (tertiary/aromatic N) is 1. The number of aryl methyl sites for hydroxylation is 1. The maximum atomic E-state index is 11.2. The van der Waals surface area contributed by atoms with Crippen molar-refractivity contribution in [2.45, 2.75) is 19.3 Å². The van der Waals surface area contributed by atoms with Gasteiger partial charge in [0.2, 0.25) is 0 Å². The lowest BCUT2D eigenvalue weighted by molar-refractivity contribution is 0.237. The molecule has 3 rings (SSSR count). The van der Waals surface area contributed by atoms with Crippen LogP contribution in [0.25, 0.3) is 11.1 Å². The molecule has 0 bridgehead atoms. The molecule has 0 saturated carbocycles. The minimum Gasteiger partial charge on any atom is -0.408 e. The SMILES string of the molecule is O=c1[nH]c2c(CCCCN3CCNCC3)cccc2o1. The zero-order valence-corrected chi connectivity index (χ0v) is 11.7. The number of hydrogen-bond acceptors (Lipinski definition) is 4. The Morgan fingerprint density at radius 3 is 2.90 bits per heavy atom. The summed E-state index contributed by atoms with van der Waals surface area (Å²) in [7, 11) is 0. The smallest absolute Gasteiger partial charge is 0.408 e. The third-order valence-electron chi connectivity index (χ3n) is 3.92. The topological polar surface area (TPSA) is 61.3 Å². The molecular weight excluding hydrogens is 254 g/mol. The molecule has 2 heterocycles. The van der Waals surface area contributed by atoms with Gasteiger partial charge < -0.3 is 14.6 Å². The first kappa shape index (κ1) is 13.4. The molecule has 20 heavy (non-hydrogen) atoms. The van der Waals surface area contributed by atoms with E-state index in [1.807, 2.05) is 12.1 Å². The summed E-state index contributed by atoms with van der Waals surface area (Å²) in [5, 5.41) is 3.37. The van der Waals surface area contributed by atoms with Crippen molar-refractivity contribution in [2.24, 2.45) is 0 Å². The van der Waals surface area contributed by atoms with Gasteiger partial charge in [-0.3, -0.25) is 4.98 Å². The minimum absolute atomic E-state index is 0.367. The summed E-state index contributed by atoms with van der Waals surface area (Å²) in [6.07, 6.45) is 3.31. The molecule has 0 aliphatic carbocycles. The fourth-order valence-corrected chi connectivity index (χ4v) is 2.82. The average Bonchev–Trinajstić information content (AvgIpc) is 2.86. The first-order chi connectivity index (χ1) is 9.83. The van der Waals surface area contributed by atoms with Gasteiger partial charge in [0, 0.05) is 26.2 Å². The second-order valence-corrected chi connectivity index (χ2v) is 5.35. The van der Waals surface area contributed by atoms with Crippen LogP contribution in [0, 0.1) is 0 Å². The van der Waals surface area contributed by atoms with Crippen LogP contribution in [0.3, 0.4) is 0 Å². The highest BCUT2D eigenvalue weighted by Crippen LogP contribution is 2.17. The lowest BCUT2D eigenvalue weighted by Crippen LogP contribution is -2.43. The van der Waals surface area contributed by atoms with Crippen LogP contribution >= 0.6 is 0 Å².